The van der Waals surface area contributed by atoms with Gasteiger partial charge in [-0.25, -0.2) is 4.68 Å². The summed E-state index contributed by atoms with van der Waals surface area (Å²) in [6.45, 7) is 7.33. The number of rotatable bonds is 8. The van der Waals surface area contributed by atoms with Crippen LogP contribution in [-0.4, -0.2) is 51.6 Å². The van der Waals surface area contributed by atoms with Gasteiger partial charge >= 0.3 is 0 Å². The van der Waals surface area contributed by atoms with Crippen molar-refractivity contribution in [2.45, 2.75) is 38.5 Å². The first kappa shape index (κ1) is 15.9. The SMILES string of the molecule is COCC(C)NC(=O)CSc1nnnn1CC(C)C. The van der Waals surface area contributed by atoms with Gasteiger partial charge in [-0.15, -0.1) is 5.10 Å². The maximum atomic E-state index is 11.7. The zero-order valence-electron chi connectivity index (χ0n) is 11.8. The zero-order chi connectivity index (χ0) is 14.3. The Balaban J connectivity index is 2.40. The van der Waals surface area contributed by atoms with Crippen molar-refractivity contribution in [3.8, 4) is 0 Å². The summed E-state index contributed by atoms with van der Waals surface area (Å²) in [6.07, 6.45) is 0. The Morgan fingerprint density at radius 2 is 2.21 bits per heavy atom. The summed E-state index contributed by atoms with van der Waals surface area (Å²) in [5, 5.41) is 15.0. The molecule has 0 aliphatic heterocycles. The molecule has 1 heterocycles. The summed E-state index contributed by atoms with van der Waals surface area (Å²) in [6, 6.07) is 0.00441. The first-order chi connectivity index (χ1) is 9.02. The van der Waals surface area contributed by atoms with Crippen molar-refractivity contribution in [3.63, 3.8) is 0 Å². The molecule has 1 rings (SSSR count). The molecule has 8 heteroatoms. The lowest BCUT2D eigenvalue weighted by Crippen LogP contribution is -2.36. The van der Waals surface area contributed by atoms with Crippen molar-refractivity contribution in [1.29, 1.82) is 0 Å². The van der Waals surface area contributed by atoms with Crippen molar-refractivity contribution < 1.29 is 9.53 Å². The highest BCUT2D eigenvalue weighted by Crippen LogP contribution is 2.14. The highest BCUT2D eigenvalue weighted by atomic mass is 32.2. The monoisotopic (exact) mass is 287 g/mol. The highest BCUT2D eigenvalue weighted by Gasteiger charge is 2.12. The zero-order valence-corrected chi connectivity index (χ0v) is 12.6. The van der Waals surface area contributed by atoms with E-state index in [0.717, 1.165) is 6.54 Å². The van der Waals surface area contributed by atoms with Crippen molar-refractivity contribution in [2.75, 3.05) is 19.5 Å². The molecule has 1 unspecified atom stereocenters. The maximum Gasteiger partial charge on any atom is 0.230 e. The predicted molar refractivity (Wildman–Crippen MR) is 72.9 cm³/mol. The molecule has 1 amide bonds. The number of hydrogen-bond acceptors (Lipinski definition) is 6. The van der Waals surface area contributed by atoms with Gasteiger partial charge in [-0.1, -0.05) is 25.6 Å². The third-order valence-electron chi connectivity index (χ3n) is 2.19. The molecule has 0 aromatic carbocycles. The molecule has 1 atom stereocenters. The predicted octanol–water partition coefficient (Wildman–Crippen LogP) is 0.572. The Bertz CT molecular complexity index is 396. The van der Waals surface area contributed by atoms with E-state index in [1.54, 1.807) is 11.8 Å². The smallest absolute Gasteiger partial charge is 0.230 e. The molecule has 0 spiro atoms. The van der Waals surface area contributed by atoms with Crippen molar-refractivity contribution in [3.05, 3.63) is 0 Å². The number of nitrogens with zero attached hydrogens (tertiary/aromatic N) is 4. The van der Waals surface area contributed by atoms with E-state index in [4.69, 9.17) is 4.74 Å². The number of nitrogens with one attached hydrogen (secondary N) is 1. The van der Waals surface area contributed by atoms with Crippen molar-refractivity contribution in [1.82, 2.24) is 25.5 Å². The second-order valence-electron chi connectivity index (χ2n) is 4.75. The molecule has 1 aromatic heterocycles. The minimum absolute atomic E-state index is 0.00441. The summed E-state index contributed by atoms with van der Waals surface area (Å²) >= 11 is 1.34. The van der Waals surface area contributed by atoms with Crippen molar-refractivity contribution in [2.24, 2.45) is 5.92 Å². The van der Waals surface area contributed by atoms with Gasteiger partial charge in [-0.3, -0.25) is 4.79 Å². The van der Waals surface area contributed by atoms with Crippen LogP contribution in [0.3, 0.4) is 0 Å². The molecule has 7 nitrogen and oxygen atoms in total. The van der Waals surface area contributed by atoms with E-state index in [-0.39, 0.29) is 11.9 Å². The molecule has 0 saturated heterocycles. The van der Waals surface area contributed by atoms with Gasteiger partial charge in [0.15, 0.2) is 0 Å². The number of hydrogen-bond donors (Lipinski definition) is 1. The van der Waals surface area contributed by atoms with Gasteiger partial charge in [-0.2, -0.15) is 0 Å². The van der Waals surface area contributed by atoms with Gasteiger partial charge in [0.05, 0.1) is 12.4 Å². The van der Waals surface area contributed by atoms with Gasteiger partial charge < -0.3 is 10.1 Å². The van der Waals surface area contributed by atoms with E-state index < -0.39 is 0 Å². The van der Waals surface area contributed by atoms with E-state index in [0.29, 0.717) is 23.4 Å². The van der Waals surface area contributed by atoms with Gasteiger partial charge in [-0.05, 0) is 23.3 Å². The number of carbonyl (C=O) groups excluding carboxylic acids is 1. The number of methoxy groups -OCH3 is 1. The Labute approximate surface area is 117 Å². The number of ether oxygens (including phenoxy) is 1. The number of tetrazole rings is 1. The third-order valence-corrected chi connectivity index (χ3v) is 3.15. The van der Waals surface area contributed by atoms with Crippen LogP contribution >= 0.6 is 11.8 Å². The standard InChI is InChI=1S/C11H21N5O2S/c1-8(2)5-16-11(13-14-15-16)19-7-10(17)12-9(3)6-18-4/h8-9H,5-7H2,1-4H3,(H,12,17). The average Bonchev–Trinajstić information content (AvgIpc) is 2.73. The van der Waals surface area contributed by atoms with Crippen LogP contribution in [-0.2, 0) is 16.1 Å². The molecule has 108 valence electrons. The summed E-state index contributed by atoms with van der Waals surface area (Å²) < 4.78 is 6.68. The topological polar surface area (TPSA) is 81.9 Å². The fraction of sp³-hybridized carbons (Fsp3) is 0.818. The van der Waals surface area contributed by atoms with E-state index in [9.17, 15) is 4.79 Å². The van der Waals surface area contributed by atoms with E-state index in [1.807, 2.05) is 6.92 Å². The van der Waals surface area contributed by atoms with Crippen LogP contribution in [0.4, 0.5) is 0 Å². The van der Waals surface area contributed by atoms with E-state index in [2.05, 4.69) is 34.7 Å². The molecule has 1 aromatic rings. The first-order valence-electron chi connectivity index (χ1n) is 6.20. The second kappa shape index (κ2) is 8.11. The van der Waals surface area contributed by atoms with Gasteiger partial charge in [0, 0.05) is 19.7 Å². The summed E-state index contributed by atoms with van der Waals surface area (Å²) in [7, 11) is 1.61. The normalized spacial score (nSPS) is 12.7. The maximum absolute atomic E-state index is 11.7. The summed E-state index contributed by atoms with van der Waals surface area (Å²) in [5.41, 5.74) is 0. The molecule has 0 aliphatic rings. The number of aromatic nitrogens is 4. The molecule has 0 fully saturated rings. The lowest BCUT2D eigenvalue weighted by atomic mass is 10.2. The quantitative estimate of drug-likeness (QED) is 0.704. The summed E-state index contributed by atoms with van der Waals surface area (Å²) in [5.74, 6) is 0.707. The molecule has 19 heavy (non-hydrogen) atoms. The van der Waals surface area contributed by atoms with Gasteiger partial charge in [0.1, 0.15) is 0 Å². The van der Waals surface area contributed by atoms with Crippen LogP contribution in [0, 0.1) is 5.92 Å². The van der Waals surface area contributed by atoms with Gasteiger partial charge in [0.2, 0.25) is 11.1 Å². The molecular formula is C11H21N5O2S. The molecule has 0 bridgehead atoms. The molecule has 0 saturated carbocycles. The number of carbonyl (C=O) groups is 1. The van der Waals surface area contributed by atoms with Crippen LogP contribution in [0.15, 0.2) is 5.16 Å². The Kier molecular flexibility index (Phi) is 6.79. The lowest BCUT2D eigenvalue weighted by molar-refractivity contribution is -0.119. The largest absolute Gasteiger partial charge is 0.383 e. The van der Waals surface area contributed by atoms with Crippen molar-refractivity contribution >= 4 is 17.7 Å². The average molecular weight is 287 g/mol. The third kappa shape index (κ3) is 6.02. The number of amides is 1. The summed E-state index contributed by atoms with van der Waals surface area (Å²) in [4.78, 5) is 11.7. The molecule has 1 N–H and O–H groups in total. The Morgan fingerprint density at radius 3 is 2.84 bits per heavy atom. The molecule has 0 aliphatic carbocycles. The van der Waals surface area contributed by atoms with Crippen LogP contribution in [0.2, 0.25) is 0 Å². The van der Waals surface area contributed by atoms with Crippen LogP contribution in [0.1, 0.15) is 20.8 Å². The molecular weight excluding hydrogens is 266 g/mol. The van der Waals surface area contributed by atoms with Crippen LogP contribution < -0.4 is 5.32 Å². The van der Waals surface area contributed by atoms with Gasteiger partial charge in [0.25, 0.3) is 0 Å². The van der Waals surface area contributed by atoms with Crippen LogP contribution in [0.5, 0.6) is 0 Å². The first-order valence-corrected chi connectivity index (χ1v) is 7.18. The minimum atomic E-state index is -0.0475. The molecule has 0 radical (unpaired) electrons. The minimum Gasteiger partial charge on any atom is -0.383 e. The lowest BCUT2D eigenvalue weighted by Gasteiger charge is -2.12. The fourth-order valence-electron chi connectivity index (χ4n) is 1.50. The van der Waals surface area contributed by atoms with E-state index >= 15 is 0 Å². The Hall–Kier alpha value is -1.15. The van der Waals surface area contributed by atoms with E-state index in [1.165, 1.54) is 11.8 Å². The second-order valence-corrected chi connectivity index (χ2v) is 5.69. The highest BCUT2D eigenvalue weighted by molar-refractivity contribution is 7.99. The van der Waals surface area contributed by atoms with Crippen LogP contribution in [0.25, 0.3) is 0 Å². The fourth-order valence-corrected chi connectivity index (χ4v) is 2.20. The Morgan fingerprint density at radius 1 is 1.47 bits per heavy atom. The number of thioether (sulfide) groups is 1.